The van der Waals surface area contributed by atoms with Crippen molar-refractivity contribution in [2.24, 2.45) is 0 Å². The van der Waals surface area contributed by atoms with Crippen molar-refractivity contribution in [3.05, 3.63) is 35.4 Å². The molecule has 0 saturated heterocycles. The van der Waals surface area contributed by atoms with Gasteiger partial charge in [0.15, 0.2) is 0 Å². The lowest BCUT2D eigenvalue weighted by molar-refractivity contribution is -0.735. The van der Waals surface area contributed by atoms with Gasteiger partial charge in [-0.25, -0.2) is 0 Å². The van der Waals surface area contributed by atoms with E-state index in [1.54, 1.807) is 12.1 Å². The lowest BCUT2D eigenvalue weighted by atomic mass is 10.0. The Morgan fingerprint density at radius 2 is 1.88 bits per heavy atom. The van der Waals surface area contributed by atoms with Gasteiger partial charge in [0.1, 0.15) is 6.54 Å². The molecule has 1 aromatic carbocycles. The van der Waals surface area contributed by atoms with Gasteiger partial charge in [0, 0.05) is 5.56 Å². The molecule has 0 aliphatic rings. The Morgan fingerprint density at radius 3 is 2.31 bits per heavy atom. The number of aromatic carboxylic acids is 1. The topological polar surface area (TPSA) is 56.7 Å². The van der Waals surface area contributed by atoms with Gasteiger partial charge in [0.05, 0.1) is 11.5 Å². The summed E-state index contributed by atoms with van der Waals surface area (Å²) in [6, 6.07) is 6.87. The zero-order valence-electron chi connectivity index (χ0n) is 10.1. The summed E-state index contributed by atoms with van der Waals surface area (Å²) in [7, 11) is 0. The van der Waals surface area contributed by atoms with Crippen molar-refractivity contribution in [3.8, 4) is 0 Å². The van der Waals surface area contributed by atoms with E-state index in [4.69, 9.17) is 0 Å². The third kappa shape index (κ3) is 3.66. The summed E-state index contributed by atoms with van der Waals surface area (Å²) in [6.45, 7) is 7.43. The highest BCUT2D eigenvalue weighted by molar-refractivity contribution is 5.85. The minimum Gasteiger partial charge on any atom is -0.545 e. The molecule has 0 bridgehead atoms. The fourth-order valence-electron chi connectivity index (χ4n) is 1.32. The van der Waals surface area contributed by atoms with Crippen molar-refractivity contribution in [2.45, 2.75) is 39.3 Å². The largest absolute Gasteiger partial charge is 0.545 e. The van der Waals surface area contributed by atoms with Crippen molar-refractivity contribution < 1.29 is 15.2 Å². The van der Waals surface area contributed by atoms with Gasteiger partial charge in [0.25, 0.3) is 0 Å². The highest BCUT2D eigenvalue weighted by atomic mass is 16.4. The molecule has 0 saturated carbocycles. The lowest BCUT2D eigenvalue weighted by Gasteiger charge is -2.20. The highest BCUT2D eigenvalue weighted by Crippen LogP contribution is 2.04. The summed E-state index contributed by atoms with van der Waals surface area (Å²) in [5.41, 5.74) is 1.59. The Morgan fingerprint density at radius 1 is 1.31 bits per heavy atom. The molecule has 1 rings (SSSR count). The van der Waals surface area contributed by atoms with Crippen molar-refractivity contribution in [1.82, 2.24) is 0 Å². The first-order valence-corrected chi connectivity index (χ1v) is 5.59. The quantitative estimate of drug-likeness (QED) is 0.777. The number of carboxylic acids is 1. The second-order valence-electron chi connectivity index (χ2n) is 4.73. The Labute approximate surface area is 96.5 Å². The van der Waals surface area contributed by atoms with E-state index in [1.165, 1.54) is 0 Å². The predicted octanol–water partition coefficient (Wildman–Crippen LogP) is 0.302. The first-order valence-electron chi connectivity index (χ1n) is 5.59. The second kappa shape index (κ2) is 5.12. The predicted molar refractivity (Wildman–Crippen MR) is 60.8 cm³/mol. The first kappa shape index (κ1) is 12.7. The number of carboxylic acid groups (broad SMARTS) is 1. The normalized spacial score (nSPS) is 11.4. The number of rotatable bonds is 5. The number of carbonyl (C=O) groups is 1. The van der Waals surface area contributed by atoms with Gasteiger partial charge in [0.2, 0.25) is 0 Å². The molecule has 0 spiro atoms. The van der Waals surface area contributed by atoms with Gasteiger partial charge < -0.3 is 15.2 Å². The molecule has 16 heavy (non-hydrogen) atoms. The van der Waals surface area contributed by atoms with E-state index in [2.05, 4.69) is 26.1 Å². The standard InChI is InChI=1S/C13H19NO2/c1-4-13(2,3)14-9-10-5-7-11(8-6-10)12(15)16/h5-8,14H,4,9H2,1-3H3,(H,15,16). The first-order chi connectivity index (χ1) is 7.44. The molecule has 0 aliphatic heterocycles. The summed E-state index contributed by atoms with van der Waals surface area (Å²) in [5, 5.41) is 12.8. The van der Waals surface area contributed by atoms with Crippen LogP contribution >= 0.6 is 0 Å². The van der Waals surface area contributed by atoms with Crippen LogP contribution in [0.1, 0.15) is 43.1 Å². The van der Waals surface area contributed by atoms with E-state index in [9.17, 15) is 9.90 Å². The van der Waals surface area contributed by atoms with Crippen molar-refractivity contribution in [3.63, 3.8) is 0 Å². The molecule has 0 aliphatic carbocycles. The van der Waals surface area contributed by atoms with E-state index in [-0.39, 0.29) is 11.1 Å². The van der Waals surface area contributed by atoms with E-state index >= 15 is 0 Å². The smallest absolute Gasteiger partial charge is 0.102 e. The van der Waals surface area contributed by atoms with Crippen LogP contribution in [0.25, 0.3) is 0 Å². The molecule has 3 nitrogen and oxygen atoms in total. The van der Waals surface area contributed by atoms with Crippen LogP contribution in [-0.2, 0) is 6.54 Å². The zero-order chi connectivity index (χ0) is 12.2. The SMILES string of the molecule is CCC(C)(C)[NH2+]Cc1ccc(C(=O)[O-])cc1. The molecule has 0 radical (unpaired) electrons. The Balaban J connectivity index is 2.59. The highest BCUT2D eigenvalue weighted by Gasteiger charge is 2.17. The van der Waals surface area contributed by atoms with Crippen LogP contribution in [0.2, 0.25) is 0 Å². The maximum atomic E-state index is 10.6. The van der Waals surface area contributed by atoms with E-state index in [1.807, 2.05) is 12.1 Å². The maximum Gasteiger partial charge on any atom is 0.102 e. The van der Waals surface area contributed by atoms with Crippen molar-refractivity contribution in [1.29, 1.82) is 0 Å². The van der Waals surface area contributed by atoms with Gasteiger partial charge in [-0.15, -0.1) is 0 Å². The minimum absolute atomic E-state index is 0.229. The van der Waals surface area contributed by atoms with E-state index < -0.39 is 5.97 Å². The Hall–Kier alpha value is -1.35. The summed E-state index contributed by atoms with van der Waals surface area (Å²) in [5.74, 6) is -1.12. The van der Waals surface area contributed by atoms with Crippen LogP contribution in [0.4, 0.5) is 0 Å². The molecule has 0 atom stereocenters. The molecule has 0 fully saturated rings. The number of nitrogens with two attached hydrogens (primary N) is 1. The molecule has 3 heteroatoms. The van der Waals surface area contributed by atoms with Gasteiger partial charge in [-0.3, -0.25) is 0 Å². The van der Waals surface area contributed by atoms with Crippen LogP contribution in [0.3, 0.4) is 0 Å². The third-order valence-corrected chi connectivity index (χ3v) is 2.99. The Kier molecular flexibility index (Phi) is 4.07. The molecule has 0 heterocycles. The van der Waals surface area contributed by atoms with Gasteiger partial charge >= 0.3 is 0 Å². The van der Waals surface area contributed by atoms with Crippen molar-refractivity contribution >= 4 is 5.97 Å². The number of quaternary nitrogens is 1. The van der Waals surface area contributed by atoms with Crippen LogP contribution in [-0.4, -0.2) is 11.5 Å². The molecule has 1 aromatic rings. The van der Waals surface area contributed by atoms with Gasteiger partial charge in [-0.05, 0) is 25.8 Å². The van der Waals surface area contributed by atoms with Gasteiger partial charge in [-0.2, -0.15) is 0 Å². The molecular formula is C13H19NO2. The molecule has 0 amide bonds. The fraction of sp³-hybridized carbons (Fsp3) is 0.462. The number of benzene rings is 1. The fourth-order valence-corrected chi connectivity index (χ4v) is 1.32. The monoisotopic (exact) mass is 221 g/mol. The third-order valence-electron chi connectivity index (χ3n) is 2.99. The molecule has 0 unspecified atom stereocenters. The lowest BCUT2D eigenvalue weighted by Crippen LogP contribution is -2.93. The number of hydrogen-bond donors (Lipinski definition) is 1. The van der Waals surface area contributed by atoms with E-state index in [0.717, 1.165) is 18.5 Å². The van der Waals surface area contributed by atoms with Gasteiger partial charge in [-0.1, -0.05) is 31.2 Å². The molecule has 88 valence electrons. The molecule has 2 N–H and O–H groups in total. The summed E-state index contributed by atoms with van der Waals surface area (Å²) in [4.78, 5) is 10.6. The summed E-state index contributed by atoms with van der Waals surface area (Å²) >= 11 is 0. The van der Waals surface area contributed by atoms with Crippen LogP contribution in [0.15, 0.2) is 24.3 Å². The number of hydrogen-bond acceptors (Lipinski definition) is 2. The maximum absolute atomic E-state index is 10.6. The molecule has 0 aromatic heterocycles. The summed E-state index contributed by atoms with van der Waals surface area (Å²) < 4.78 is 0. The van der Waals surface area contributed by atoms with Crippen molar-refractivity contribution in [2.75, 3.05) is 0 Å². The minimum atomic E-state index is -1.12. The van der Waals surface area contributed by atoms with Crippen LogP contribution in [0.5, 0.6) is 0 Å². The zero-order valence-corrected chi connectivity index (χ0v) is 10.1. The average molecular weight is 221 g/mol. The second-order valence-corrected chi connectivity index (χ2v) is 4.73. The average Bonchev–Trinajstić information content (AvgIpc) is 2.27. The van der Waals surface area contributed by atoms with Crippen LogP contribution in [0, 0.1) is 0 Å². The Bertz CT molecular complexity index is 355. The number of carbonyl (C=O) groups excluding carboxylic acids is 1. The van der Waals surface area contributed by atoms with Crippen LogP contribution < -0.4 is 10.4 Å². The molecular weight excluding hydrogens is 202 g/mol. The summed E-state index contributed by atoms with van der Waals surface area (Å²) in [6.07, 6.45) is 1.10. The van der Waals surface area contributed by atoms with E-state index in [0.29, 0.717) is 0 Å².